The molecule has 0 spiro atoms. The number of carbonyl (C=O) groups is 2. The number of phenols is 1. The SMILES string of the molecule is CC(C)(C)OC(=O)Nc1cc(O)c(C(=O)O)cc1Cl. The van der Waals surface area contributed by atoms with Crippen LogP contribution in [0.2, 0.25) is 5.02 Å². The lowest BCUT2D eigenvalue weighted by molar-refractivity contribution is 0.0634. The predicted octanol–water partition coefficient (Wildman–Crippen LogP) is 3.09. The van der Waals surface area contributed by atoms with E-state index in [4.69, 9.17) is 21.4 Å². The van der Waals surface area contributed by atoms with Crippen molar-refractivity contribution < 1.29 is 24.5 Å². The Morgan fingerprint density at radius 2 is 1.89 bits per heavy atom. The van der Waals surface area contributed by atoms with Crippen LogP contribution in [0.4, 0.5) is 10.5 Å². The van der Waals surface area contributed by atoms with E-state index in [0.717, 1.165) is 12.1 Å². The molecule has 0 aliphatic carbocycles. The summed E-state index contributed by atoms with van der Waals surface area (Å²) >= 11 is 5.82. The third-order valence-corrected chi connectivity index (χ3v) is 2.26. The minimum absolute atomic E-state index is 0.0129. The molecule has 0 aliphatic rings. The van der Waals surface area contributed by atoms with Crippen LogP contribution in [0.5, 0.6) is 5.75 Å². The van der Waals surface area contributed by atoms with Crippen molar-refractivity contribution >= 4 is 29.4 Å². The molecule has 6 nitrogen and oxygen atoms in total. The Bertz CT molecular complexity index is 522. The van der Waals surface area contributed by atoms with Crippen LogP contribution >= 0.6 is 11.6 Å². The first-order chi connectivity index (χ1) is 8.60. The van der Waals surface area contributed by atoms with E-state index in [1.54, 1.807) is 20.8 Å². The maximum Gasteiger partial charge on any atom is 0.412 e. The minimum atomic E-state index is -1.32. The molecule has 7 heteroatoms. The Labute approximate surface area is 114 Å². The molecule has 0 fully saturated rings. The highest BCUT2D eigenvalue weighted by Gasteiger charge is 2.19. The number of anilines is 1. The Balaban J connectivity index is 2.95. The molecule has 0 atom stereocenters. The lowest BCUT2D eigenvalue weighted by atomic mass is 10.2. The zero-order chi connectivity index (χ0) is 14.8. The van der Waals surface area contributed by atoms with Crippen LogP contribution < -0.4 is 5.32 Å². The molecule has 1 aromatic rings. The van der Waals surface area contributed by atoms with Crippen molar-refractivity contribution in [1.82, 2.24) is 0 Å². The predicted molar refractivity (Wildman–Crippen MR) is 69.9 cm³/mol. The van der Waals surface area contributed by atoms with Gasteiger partial charge in [0.1, 0.15) is 16.9 Å². The van der Waals surface area contributed by atoms with E-state index >= 15 is 0 Å². The first-order valence-electron chi connectivity index (χ1n) is 5.36. The van der Waals surface area contributed by atoms with Crippen LogP contribution in [0.3, 0.4) is 0 Å². The summed E-state index contributed by atoms with van der Waals surface area (Å²) in [5.74, 6) is -1.81. The number of benzene rings is 1. The molecule has 0 radical (unpaired) electrons. The number of halogens is 1. The summed E-state index contributed by atoms with van der Waals surface area (Å²) in [4.78, 5) is 22.3. The van der Waals surface area contributed by atoms with Gasteiger partial charge >= 0.3 is 12.1 Å². The molecule has 0 aliphatic heterocycles. The van der Waals surface area contributed by atoms with Crippen molar-refractivity contribution in [2.75, 3.05) is 5.32 Å². The highest BCUT2D eigenvalue weighted by Crippen LogP contribution is 2.30. The number of hydrogen-bond donors (Lipinski definition) is 3. The van der Waals surface area contributed by atoms with Gasteiger partial charge in [-0.3, -0.25) is 5.32 Å². The van der Waals surface area contributed by atoms with E-state index < -0.39 is 23.4 Å². The molecule has 0 bridgehead atoms. The van der Waals surface area contributed by atoms with Gasteiger partial charge in [-0.25, -0.2) is 9.59 Å². The van der Waals surface area contributed by atoms with E-state index in [2.05, 4.69) is 5.32 Å². The number of hydrogen-bond acceptors (Lipinski definition) is 4. The second-order valence-electron chi connectivity index (χ2n) is 4.78. The highest BCUT2D eigenvalue weighted by atomic mass is 35.5. The van der Waals surface area contributed by atoms with Crippen LogP contribution in [-0.4, -0.2) is 27.9 Å². The molecular weight excluding hydrogens is 274 g/mol. The number of aromatic carboxylic acids is 1. The van der Waals surface area contributed by atoms with Crippen molar-refractivity contribution in [3.63, 3.8) is 0 Å². The van der Waals surface area contributed by atoms with Crippen molar-refractivity contribution in [1.29, 1.82) is 0 Å². The van der Waals surface area contributed by atoms with Crippen LogP contribution in [0, 0.1) is 0 Å². The van der Waals surface area contributed by atoms with Crippen LogP contribution in [0.1, 0.15) is 31.1 Å². The smallest absolute Gasteiger partial charge is 0.412 e. The van der Waals surface area contributed by atoms with Gasteiger partial charge in [0.05, 0.1) is 10.7 Å². The second kappa shape index (κ2) is 5.36. The lowest BCUT2D eigenvalue weighted by Gasteiger charge is -2.20. The Morgan fingerprint density at radius 1 is 1.32 bits per heavy atom. The van der Waals surface area contributed by atoms with E-state index in [0.29, 0.717) is 0 Å². The summed E-state index contributed by atoms with van der Waals surface area (Å²) in [6, 6.07) is 2.10. The maximum atomic E-state index is 11.5. The molecule has 1 aromatic carbocycles. The van der Waals surface area contributed by atoms with Gasteiger partial charge in [-0.05, 0) is 26.8 Å². The van der Waals surface area contributed by atoms with E-state index in [1.807, 2.05) is 0 Å². The maximum absolute atomic E-state index is 11.5. The largest absolute Gasteiger partial charge is 0.507 e. The van der Waals surface area contributed by atoms with Crippen molar-refractivity contribution in [3.05, 3.63) is 22.7 Å². The minimum Gasteiger partial charge on any atom is -0.507 e. The molecule has 0 unspecified atom stereocenters. The Hall–Kier alpha value is -1.95. The number of aromatic hydroxyl groups is 1. The van der Waals surface area contributed by atoms with Gasteiger partial charge in [-0.15, -0.1) is 0 Å². The topological polar surface area (TPSA) is 95.9 Å². The van der Waals surface area contributed by atoms with E-state index in [1.165, 1.54) is 0 Å². The third kappa shape index (κ3) is 4.33. The lowest BCUT2D eigenvalue weighted by Crippen LogP contribution is -2.27. The molecule has 19 heavy (non-hydrogen) atoms. The average molecular weight is 288 g/mol. The number of carbonyl (C=O) groups excluding carboxylic acids is 1. The normalized spacial score (nSPS) is 10.9. The molecule has 104 valence electrons. The number of carboxylic acid groups (broad SMARTS) is 1. The van der Waals surface area contributed by atoms with Gasteiger partial charge in [0.25, 0.3) is 0 Å². The van der Waals surface area contributed by atoms with Crippen LogP contribution in [-0.2, 0) is 4.74 Å². The Kier molecular flexibility index (Phi) is 4.26. The zero-order valence-electron chi connectivity index (χ0n) is 10.7. The second-order valence-corrected chi connectivity index (χ2v) is 5.19. The van der Waals surface area contributed by atoms with Gasteiger partial charge in [0.2, 0.25) is 0 Å². The van der Waals surface area contributed by atoms with E-state index in [9.17, 15) is 14.7 Å². The Morgan fingerprint density at radius 3 is 2.37 bits per heavy atom. The molecule has 0 aromatic heterocycles. The van der Waals surface area contributed by atoms with Crippen LogP contribution in [0.25, 0.3) is 0 Å². The molecule has 1 rings (SSSR count). The molecule has 3 N–H and O–H groups in total. The quantitative estimate of drug-likeness (QED) is 0.777. The first-order valence-corrected chi connectivity index (χ1v) is 5.74. The molecule has 0 heterocycles. The van der Waals surface area contributed by atoms with Gasteiger partial charge in [-0.1, -0.05) is 11.6 Å². The average Bonchev–Trinajstić information content (AvgIpc) is 2.19. The summed E-state index contributed by atoms with van der Waals surface area (Å²) in [6.45, 7) is 5.08. The van der Waals surface area contributed by atoms with Crippen LogP contribution in [0.15, 0.2) is 12.1 Å². The number of carboxylic acids is 1. The number of rotatable bonds is 2. The fourth-order valence-corrected chi connectivity index (χ4v) is 1.45. The number of amides is 1. The summed E-state index contributed by atoms with van der Waals surface area (Å²) in [5, 5.41) is 20.6. The standard InChI is InChI=1S/C12H14ClNO5/c1-12(2,3)19-11(18)14-8-5-9(15)6(10(16)17)4-7(8)13/h4-5,15H,1-3H3,(H,14,18)(H,16,17). The number of nitrogens with one attached hydrogen (secondary N) is 1. The molecule has 0 saturated carbocycles. The third-order valence-electron chi connectivity index (χ3n) is 1.95. The highest BCUT2D eigenvalue weighted by molar-refractivity contribution is 6.34. The van der Waals surface area contributed by atoms with Crippen molar-refractivity contribution in [3.8, 4) is 5.75 Å². The van der Waals surface area contributed by atoms with Gasteiger partial charge in [0, 0.05) is 6.07 Å². The monoisotopic (exact) mass is 287 g/mol. The van der Waals surface area contributed by atoms with Gasteiger partial charge in [-0.2, -0.15) is 0 Å². The fraction of sp³-hybridized carbons (Fsp3) is 0.333. The summed E-state index contributed by atoms with van der Waals surface area (Å²) in [7, 11) is 0. The fourth-order valence-electron chi connectivity index (χ4n) is 1.24. The molecule has 0 saturated heterocycles. The summed E-state index contributed by atoms with van der Waals surface area (Å²) in [6.07, 6.45) is -0.753. The zero-order valence-corrected chi connectivity index (χ0v) is 11.4. The summed E-state index contributed by atoms with van der Waals surface area (Å²) < 4.78 is 5.01. The van der Waals surface area contributed by atoms with E-state index in [-0.39, 0.29) is 16.3 Å². The first kappa shape index (κ1) is 15.1. The summed E-state index contributed by atoms with van der Waals surface area (Å²) in [5.41, 5.74) is -0.960. The van der Waals surface area contributed by atoms with Gasteiger partial charge in [0.15, 0.2) is 0 Å². The molecule has 1 amide bonds. The molecular formula is C12H14ClNO5. The van der Waals surface area contributed by atoms with Crippen molar-refractivity contribution in [2.45, 2.75) is 26.4 Å². The van der Waals surface area contributed by atoms with Gasteiger partial charge < -0.3 is 14.9 Å². The van der Waals surface area contributed by atoms with Crippen molar-refractivity contribution in [2.24, 2.45) is 0 Å². The number of ether oxygens (including phenoxy) is 1.